The molecule has 0 spiro atoms. The van der Waals surface area contributed by atoms with Crippen LogP contribution in [0.3, 0.4) is 0 Å². The number of halogens is 2. The van der Waals surface area contributed by atoms with Gasteiger partial charge in [0.2, 0.25) is 0 Å². The molecule has 134 valence electrons. The van der Waals surface area contributed by atoms with E-state index in [0.29, 0.717) is 21.4 Å². The van der Waals surface area contributed by atoms with Crippen molar-refractivity contribution in [3.8, 4) is 0 Å². The highest BCUT2D eigenvalue weighted by Crippen LogP contribution is 2.21. The molecule has 3 rings (SSSR count). The number of carbonyl (C=O) groups excluding carboxylic acids is 1. The molecule has 6 nitrogen and oxygen atoms in total. The summed E-state index contributed by atoms with van der Waals surface area (Å²) in [5, 5.41) is 3.52. The maximum atomic E-state index is 12.5. The standard InChI is InChI=1S/C17H13Cl2N3O3S/c18-11-4-6-13(7-5-11)22-26(24,25)15-3-1-2-14(9-15)21-17(23)16-8-12(19)10-20-16/h1-10,20,22H,(H,21,23). The minimum Gasteiger partial charge on any atom is -0.356 e. The van der Waals surface area contributed by atoms with Gasteiger partial charge >= 0.3 is 0 Å². The maximum Gasteiger partial charge on any atom is 0.272 e. The van der Waals surface area contributed by atoms with Crippen LogP contribution in [0.5, 0.6) is 0 Å². The molecule has 0 unspecified atom stereocenters. The molecule has 9 heteroatoms. The number of anilines is 2. The van der Waals surface area contributed by atoms with Gasteiger partial charge in [-0.2, -0.15) is 0 Å². The summed E-state index contributed by atoms with van der Waals surface area (Å²) >= 11 is 11.6. The van der Waals surface area contributed by atoms with Gasteiger partial charge in [0, 0.05) is 22.6 Å². The number of nitrogens with one attached hydrogen (secondary N) is 3. The van der Waals surface area contributed by atoms with Crippen molar-refractivity contribution >= 4 is 50.5 Å². The van der Waals surface area contributed by atoms with E-state index in [-0.39, 0.29) is 10.6 Å². The highest BCUT2D eigenvalue weighted by atomic mass is 35.5. The van der Waals surface area contributed by atoms with Gasteiger partial charge in [-0.25, -0.2) is 8.42 Å². The Kier molecular flexibility index (Phi) is 5.22. The zero-order valence-electron chi connectivity index (χ0n) is 13.2. The molecule has 0 saturated carbocycles. The Morgan fingerprint density at radius 1 is 0.923 bits per heavy atom. The first kappa shape index (κ1) is 18.3. The normalized spacial score (nSPS) is 11.2. The number of sulfonamides is 1. The van der Waals surface area contributed by atoms with E-state index in [1.165, 1.54) is 30.5 Å². The first-order valence-corrected chi connectivity index (χ1v) is 9.61. The monoisotopic (exact) mass is 409 g/mol. The van der Waals surface area contributed by atoms with Crippen molar-refractivity contribution in [2.45, 2.75) is 4.90 Å². The molecule has 0 fully saturated rings. The average Bonchev–Trinajstić information content (AvgIpc) is 3.04. The van der Waals surface area contributed by atoms with E-state index < -0.39 is 15.9 Å². The Bertz CT molecular complexity index is 1050. The molecule has 0 aliphatic heterocycles. The smallest absolute Gasteiger partial charge is 0.272 e. The Morgan fingerprint density at radius 3 is 2.31 bits per heavy atom. The lowest BCUT2D eigenvalue weighted by Gasteiger charge is -2.10. The van der Waals surface area contributed by atoms with Crippen LogP contribution < -0.4 is 10.0 Å². The maximum absolute atomic E-state index is 12.5. The van der Waals surface area contributed by atoms with Crippen LogP contribution in [0.1, 0.15) is 10.5 Å². The average molecular weight is 410 g/mol. The summed E-state index contributed by atoms with van der Waals surface area (Å²) < 4.78 is 27.5. The molecule has 2 aromatic carbocycles. The van der Waals surface area contributed by atoms with Gasteiger partial charge in [-0.3, -0.25) is 9.52 Å². The number of benzene rings is 2. The van der Waals surface area contributed by atoms with E-state index >= 15 is 0 Å². The Balaban J connectivity index is 1.79. The van der Waals surface area contributed by atoms with Gasteiger partial charge < -0.3 is 10.3 Å². The highest BCUT2D eigenvalue weighted by molar-refractivity contribution is 7.92. The van der Waals surface area contributed by atoms with Gasteiger partial charge in [-0.1, -0.05) is 29.3 Å². The molecule has 0 bridgehead atoms. The van der Waals surface area contributed by atoms with Crippen LogP contribution in [0.4, 0.5) is 11.4 Å². The Morgan fingerprint density at radius 2 is 1.65 bits per heavy atom. The zero-order chi connectivity index (χ0) is 18.7. The van der Waals surface area contributed by atoms with Crippen LogP contribution in [0.25, 0.3) is 0 Å². The molecule has 0 aliphatic carbocycles. The SMILES string of the molecule is O=C(Nc1cccc(S(=O)(=O)Nc2ccc(Cl)cc2)c1)c1cc(Cl)c[nH]1. The van der Waals surface area contributed by atoms with Gasteiger partial charge in [0.15, 0.2) is 0 Å². The number of amides is 1. The quantitative estimate of drug-likeness (QED) is 0.583. The third-order valence-corrected chi connectivity index (χ3v) is 5.24. The third-order valence-electron chi connectivity index (χ3n) is 3.39. The van der Waals surface area contributed by atoms with E-state index in [2.05, 4.69) is 15.0 Å². The van der Waals surface area contributed by atoms with E-state index in [0.717, 1.165) is 0 Å². The van der Waals surface area contributed by atoms with Gasteiger partial charge in [0.25, 0.3) is 15.9 Å². The minimum atomic E-state index is -3.82. The predicted octanol–water partition coefficient (Wildman–Crippen LogP) is 4.37. The van der Waals surface area contributed by atoms with Crippen molar-refractivity contribution in [3.05, 3.63) is 76.5 Å². The summed E-state index contributed by atoms with van der Waals surface area (Å²) in [5.74, 6) is -0.433. The summed E-state index contributed by atoms with van der Waals surface area (Å²) in [4.78, 5) is 14.9. The largest absolute Gasteiger partial charge is 0.356 e. The fraction of sp³-hybridized carbons (Fsp3) is 0. The fourth-order valence-electron chi connectivity index (χ4n) is 2.17. The van der Waals surface area contributed by atoms with E-state index in [1.54, 1.807) is 30.3 Å². The second kappa shape index (κ2) is 7.41. The lowest BCUT2D eigenvalue weighted by Crippen LogP contribution is -2.15. The predicted molar refractivity (Wildman–Crippen MR) is 102 cm³/mol. The topological polar surface area (TPSA) is 91.1 Å². The van der Waals surface area contributed by atoms with Crippen molar-refractivity contribution in [1.82, 2.24) is 4.98 Å². The van der Waals surface area contributed by atoms with Gasteiger partial charge in [-0.05, 0) is 48.5 Å². The summed E-state index contributed by atoms with van der Waals surface area (Å²) in [6.45, 7) is 0. The zero-order valence-corrected chi connectivity index (χ0v) is 15.5. The van der Waals surface area contributed by atoms with Crippen LogP contribution in [0.2, 0.25) is 10.0 Å². The van der Waals surface area contributed by atoms with Crippen molar-refractivity contribution in [3.63, 3.8) is 0 Å². The van der Waals surface area contributed by atoms with Crippen molar-refractivity contribution in [1.29, 1.82) is 0 Å². The Hall–Kier alpha value is -2.48. The van der Waals surface area contributed by atoms with Crippen molar-refractivity contribution < 1.29 is 13.2 Å². The van der Waals surface area contributed by atoms with Crippen LogP contribution >= 0.6 is 23.2 Å². The van der Waals surface area contributed by atoms with E-state index in [1.807, 2.05) is 0 Å². The van der Waals surface area contributed by atoms with E-state index in [4.69, 9.17) is 23.2 Å². The molecule has 0 radical (unpaired) electrons. The second-order valence-electron chi connectivity index (χ2n) is 5.33. The van der Waals surface area contributed by atoms with Crippen LogP contribution in [0, 0.1) is 0 Å². The third kappa shape index (κ3) is 4.37. The number of aromatic nitrogens is 1. The van der Waals surface area contributed by atoms with Crippen LogP contribution in [0.15, 0.2) is 65.7 Å². The molecule has 1 heterocycles. The minimum absolute atomic E-state index is 0.00904. The molecular weight excluding hydrogens is 397 g/mol. The van der Waals surface area contributed by atoms with Gasteiger partial charge in [-0.15, -0.1) is 0 Å². The number of aromatic amines is 1. The van der Waals surface area contributed by atoms with Gasteiger partial charge in [0.1, 0.15) is 5.69 Å². The fourth-order valence-corrected chi connectivity index (χ4v) is 3.56. The van der Waals surface area contributed by atoms with Gasteiger partial charge in [0.05, 0.1) is 9.92 Å². The molecule has 3 N–H and O–H groups in total. The van der Waals surface area contributed by atoms with Crippen LogP contribution in [-0.2, 0) is 10.0 Å². The number of hydrogen-bond acceptors (Lipinski definition) is 3. The van der Waals surface area contributed by atoms with E-state index in [9.17, 15) is 13.2 Å². The summed E-state index contributed by atoms with van der Waals surface area (Å²) in [5.41, 5.74) is 0.979. The highest BCUT2D eigenvalue weighted by Gasteiger charge is 2.16. The van der Waals surface area contributed by atoms with Crippen molar-refractivity contribution in [2.75, 3.05) is 10.0 Å². The molecular formula is C17H13Cl2N3O3S. The first-order valence-electron chi connectivity index (χ1n) is 7.37. The lowest BCUT2D eigenvalue weighted by atomic mass is 10.3. The molecule has 0 saturated heterocycles. The Labute approximate surface area is 160 Å². The number of rotatable bonds is 5. The molecule has 26 heavy (non-hydrogen) atoms. The summed E-state index contributed by atoms with van der Waals surface area (Å²) in [7, 11) is -3.82. The molecule has 1 amide bonds. The summed E-state index contributed by atoms with van der Waals surface area (Å²) in [6, 6.07) is 13.7. The molecule has 0 atom stereocenters. The second-order valence-corrected chi connectivity index (χ2v) is 7.88. The van der Waals surface area contributed by atoms with Crippen LogP contribution in [-0.4, -0.2) is 19.3 Å². The summed E-state index contributed by atoms with van der Waals surface area (Å²) in [6.07, 6.45) is 1.48. The molecule has 1 aromatic heterocycles. The lowest BCUT2D eigenvalue weighted by molar-refractivity contribution is 0.102. The number of hydrogen-bond donors (Lipinski definition) is 3. The number of H-pyrrole nitrogens is 1. The molecule has 0 aliphatic rings. The van der Waals surface area contributed by atoms with Crippen molar-refractivity contribution in [2.24, 2.45) is 0 Å². The number of carbonyl (C=O) groups is 1. The first-order chi connectivity index (χ1) is 12.3. The molecule has 3 aromatic rings.